The molecule has 0 spiro atoms. The second kappa shape index (κ2) is 8.30. The second-order valence-corrected chi connectivity index (χ2v) is 13.8. The fourth-order valence-corrected chi connectivity index (χ4v) is 6.26. The Morgan fingerprint density at radius 1 is 0.684 bits per heavy atom. The summed E-state index contributed by atoms with van der Waals surface area (Å²) in [6.45, 7) is 29.6. The minimum Gasteiger partial charge on any atom is -0.368 e. The smallest absolute Gasteiger partial charge is 0.141 e. The van der Waals surface area contributed by atoms with E-state index in [9.17, 15) is 0 Å². The van der Waals surface area contributed by atoms with Crippen LogP contribution in [0.1, 0.15) is 93.2 Å². The second-order valence-electron chi connectivity index (χ2n) is 13.8. The van der Waals surface area contributed by atoms with Crippen molar-refractivity contribution in [2.24, 2.45) is 0 Å². The largest absolute Gasteiger partial charge is 0.368 e. The summed E-state index contributed by atoms with van der Waals surface area (Å²) in [6, 6.07) is 18.1. The summed E-state index contributed by atoms with van der Waals surface area (Å²) >= 11 is 0. The zero-order valence-corrected chi connectivity index (χ0v) is 25.2. The number of hydrogen-bond acceptors (Lipinski definition) is 0. The summed E-state index contributed by atoms with van der Waals surface area (Å²) in [6.07, 6.45) is 2.27. The van der Waals surface area contributed by atoms with Crippen molar-refractivity contribution in [3.8, 4) is 11.4 Å². The summed E-state index contributed by atoms with van der Waals surface area (Å²) in [4.78, 5) is 0. The van der Waals surface area contributed by atoms with E-state index in [-0.39, 0.29) is 16.6 Å². The third-order valence-corrected chi connectivity index (χ3v) is 7.79. The molecule has 8 bridgehead atoms. The van der Waals surface area contributed by atoms with Crippen LogP contribution in [0, 0.1) is 6.72 Å². The fraction of sp³-hybridized carbons (Fsp3) is 0.412. The van der Waals surface area contributed by atoms with Gasteiger partial charge >= 0.3 is 0 Å². The molecule has 0 atom stereocenters. The van der Waals surface area contributed by atoms with Crippen LogP contribution in [0.15, 0.2) is 48.5 Å². The quantitative estimate of drug-likeness (QED) is 0.255. The minimum absolute atomic E-state index is 0.0965. The molecule has 0 unspecified atom stereocenters. The Hall–Kier alpha value is -3.40. The van der Waals surface area contributed by atoms with Gasteiger partial charge in [-0.25, -0.2) is 0 Å². The van der Waals surface area contributed by atoms with Crippen molar-refractivity contribution in [2.45, 2.75) is 92.8 Å². The van der Waals surface area contributed by atoms with E-state index in [1.165, 1.54) is 44.6 Å². The Bertz CT molecular complexity index is 1790. The molecule has 0 radical (unpaired) electrons. The molecule has 38 heavy (non-hydrogen) atoms. The maximum Gasteiger partial charge on any atom is 0.141 e. The van der Waals surface area contributed by atoms with E-state index < -0.39 is 0 Å². The highest BCUT2D eigenvalue weighted by atomic mass is 15.1. The summed E-state index contributed by atoms with van der Waals surface area (Å²) in [5.74, 6) is 0. The average Bonchev–Trinajstić information content (AvgIpc) is 3.55. The highest BCUT2D eigenvalue weighted by Crippen LogP contribution is 2.27. The maximum absolute atomic E-state index is 4.48. The zero-order valence-electron chi connectivity index (χ0n) is 25.2. The Morgan fingerprint density at radius 2 is 1.21 bits per heavy atom. The number of aromatic nitrogens is 4. The van der Waals surface area contributed by atoms with Crippen molar-refractivity contribution in [1.82, 2.24) is 4.57 Å². The Balaban J connectivity index is 2.08. The zero-order chi connectivity index (χ0) is 27.9. The molecule has 1 aliphatic heterocycles. The topological polar surface area (TPSA) is 18.6 Å². The van der Waals surface area contributed by atoms with E-state index in [4.69, 9.17) is 0 Å². The van der Waals surface area contributed by atoms with Gasteiger partial charge in [-0.05, 0) is 105 Å². The van der Waals surface area contributed by atoms with Crippen LogP contribution in [0.3, 0.4) is 0 Å². The van der Waals surface area contributed by atoms with Crippen LogP contribution in [0.2, 0.25) is 0 Å². The van der Waals surface area contributed by atoms with Crippen molar-refractivity contribution >= 4 is 17.2 Å². The highest BCUT2D eigenvalue weighted by molar-refractivity contribution is 5.64. The van der Waals surface area contributed by atoms with Gasteiger partial charge in [0.1, 0.15) is 33.5 Å². The van der Waals surface area contributed by atoms with Crippen LogP contribution in [0.25, 0.3) is 28.6 Å². The maximum atomic E-state index is 4.48. The molecule has 4 aromatic heterocycles. The minimum atomic E-state index is -0.113. The molecule has 4 aromatic rings. The number of nitrogens with zero attached hydrogens (tertiary/aromatic N) is 4. The van der Waals surface area contributed by atoms with Gasteiger partial charge in [0.15, 0.2) is 0 Å². The predicted octanol–water partition coefficient (Wildman–Crippen LogP) is 3.66. The first-order valence-electron chi connectivity index (χ1n) is 13.7. The normalized spacial score (nSPS) is 14.4. The van der Waals surface area contributed by atoms with Crippen molar-refractivity contribution in [1.29, 1.82) is 0 Å². The summed E-state index contributed by atoms with van der Waals surface area (Å²) in [7, 11) is 0. The Labute approximate surface area is 227 Å². The molecule has 4 heteroatoms. The van der Waals surface area contributed by atoms with Crippen molar-refractivity contribution in [3.05, 3.63) is 88.4 Å². The van der Waals surface area contributed by atoms with Gasteiger partial charge in [-0.15, -0.1) is 24.3 Å². The lowest BCUT2D eigenvalue weighted by Gasteiger charge is -2.27. The molecule has 1 aliphatic rings. The summed E-state index contributed by atoms with van der Waals surface area (Å²) in [5.41, 5.74) is 8.22. The molecule has 5 rings (SSSR count). The lowest BCUT2D eigenvalue weighted by molar-refractivity contribution is -0.769. The van der Waals surface area contributed by atoms with Gasteiger partial charge < -0.3 is 4.57 Å². The van der Waals surface area contributed by atoms with E-state index in [0.29, 0.717) is 0 Å². The first-order chi connectivity index (χ1) is 17.5. The van der Waals surface area contributed by atoms with Gasteiger partial charge in [-0.3, -0.25) is 13.4 Å². The van der Waals surface area contributed by atoms with E-state index >= 15 is 0 Å². The van der Waals surface area contributed by atoms with Gasteiger partial charge in [0.2, 0.25) is 0 Å². The van der Waals surface area contributed by atoms with Crippen LogP contribution in [-0.4, -0.2) is 4.57 Å². The third kappa shape index (κ3) is 3.97. The summed E-state index contributed by atoms with van der Waals surface area (Å²) < 4.78 is 9.59. The number of hydrogen-bond donors (Lipinski definition) is 0. The Kier molecular flexibility index (Phi) is 5.72. The van der Waals surface area contributed by atoms with Gasteiger partial charge in [-0.2, -0.15) is 0 Å². The predicted molar refractivity (Wildman–Crippen MR) is 155 cm³/mol. The average molecular weight is 509 g/mol. The van der Waals surface area contributed by atoms with Crippen LogP contribution < -0.4 is 29.4 Å². The first-order valence-corrected chi connectivity index (χ1v) is 13.7. The van der Waals surface area contributed by atoms with Crippen LogP contribution in [-0.2, 0) is 16.6 Å². The fourth-order valence-electron chi connectivity index (χ4n) is 6.26. The van der Waals surface area contributed by atoms with Crippen LogP contribution >= 0.6 is 0 Å². The van der Waals surface area contributed by atoms with E-state index in [1.807, 2.05) is 0 Å². The standard InChI is InChI=1S/C34H44N4/c1-22-26-15-13-24(35(26)12)21-25-14-16-27(36(25)32(3,4)5)23(2)29-18-20-31(38(29)34(9,10)11)30-19-17-28(22)37(30)33(6,7)8/h13-21H,12H2,1-11H3. The SMILES string of the molecule is C=[n+]1c2cc[c-]1C=c1ccc(n1C(C)(C)C)=C(C)c1cc[c-]([n+]1C(C)(C)C)-[c-]1ccc([n+]1C(C)(C)C)C=2C. The molecule has 0 saturated heterocycles. The molecule has 0 aliphatic carbocycles. The monoisotopic (exact) mass is 508 g/mol. The first kappa shape index (κ1) is 26.2. The molecule has 0 saturated carbocycles. The summed E-state index contributed by atoms with van der Waals surface area (Å²) in [5, 5.41) is 3.55. The van der Waals surface area contributed by atoms with Crippen molar-refractivity contribution in [3.63, 3.8) is 0 Å². The third-order valence-electron chi connectivity index (χ3n) is 7.79. The van der Waals surface area contributed by atoms with Gasteiger partial charge in [0.25, 0.3) is 0 Å². The highest BCUT2D eigenvalue weighted by Gasteiger charge is 2.32. The van der Waals surface area contributed by atoms with Gasteiger partial charge in [0.05, 0.1) is 18.1 Å². The van der Waals surface area contributed by atoms with E-state index in [2.05, 4.69) is 155 Å². The van der Waals surface area contributed by atoms with Crippen molar-refractivity contribution in [2.75, 3.05) is 0 Å². The van der Waals surface area contributed by atoms with E-state index in [1.54, 1.807) is 0 Å². The Morgan fingerprint density at radius 3 is 1.71 bits per heavy atom. The van der Waals surface area contributed by atoms with Crippen LogP contribution in [0.4, 0.5) is 0 Å². The number of fused-ring (bicyclic) bond motifs is 9. The molecule has 5 heterocycles. The van der Waals surface area contributed by atoms with Crippen LogP contribution in [0.5, 0.6) is 0 Å². The lowest BCUT2D eigenvalue weighted by Crippen LogP contribution is -2.58. The lowest BCUT2D eigenvalue weighted by atomic mass is 10.0. The molecule has 200 valence electrons. The van der Waals surface area contributed by atoms with E-state index in [0.717, 1.165) is 11.0 Å². The molecular weight excluding hydrogens is 464 g/mol. The molecule has 0 N–H and O–H groups in total. The van der Waals surface area contributed by atoms with Gasteiger partial charge in [0, 0.05) is 10.9 Å². The molecular formula is C34H44N4. The molecule has 0 amide bonds. The van der Waals surface area contributed by atoms with Crippen molar-refractivity contribution < 1.29 is 13.4 Å². The molecule has 4 nitrogen and oxygen atoms in total. The van der Waals surface area contributed by atoms with Gasteiger partial charge in [-0.1, -0.05) is 18.2 Å². The molecule has 0 aromatic carbocycles. The number of rotatable bonds is 0. The molecule has 0 fully saturated rings.